The summed E-state index contributed by atoms with van der Waals surface area (Å²) >= 11 is 0. The number of oxime groups is 1. The van der Waals surface area contributed by atoms with Gasteiger partial charge in [0.2, 0.25) is 0 Å². The van der Waals surface area contributed by atoms with Crippen molar-refractivity contribution in [1.29, 1.82) is 0 Å². The zero-order valence-electron chi connectivity index (χ0n) is 9.42. The van der Waals surface area contributed by atoms with Crippen molar-refractivity contribution in [3.05, 3.63) is 35.9 Å². The Hall–Kier alpha value is -1.84. The molecule has 16 heavy (non-hydrogen) atoms. The molecule has 0 bridgehead atoms. The second kappa shape index (κ2) is 6.61. The first-order valence-corrected chi connectivity index (χ1v) is 5.07. The van der Waals surface area contributed by atoms with Gasteiger partial charge < -0.3 is 9.57 Å². The maximum absolute atomic E-state index is 11.7. The van der Waals surface area contributed by atoms with E-state index in [1.165, 1.54) is 13.3 Å². The highest BCUT2D eigenvalue weighted by molar-refractivity contribution is 5.95. The SMILES string of the molecule is CCOC(=O)C(/C=N/OC)c1ccccc1. The minimum atomic E-state index is -0.513. The fourth-order valence-corrected chi connectivity index (χ4v) is 1.30. The van der Waals surface area contributed by atoms with Gasteiger partial charge in [-0.3, -0.25) is 4.79 Å². The van der Waals surface area contributed by atoms with Crippen LogP contribution in [-0.4, -0.2) is 25.9 Å². The second-order valence-electron chi connectivity index (χ2n) is 3.08. The second-order valence-corrected chi connectivity index (χ2v) is 3.08. The lowest BCUT2D eigenvalue weighted by Crippen LogP contribution is -2.17. The summed E-state index contributed by atoms with van der Waals surface area (Å²) in [5.74, 6) is -0.837. The molecule has 0 spiro atoms. The van der Waals surface area contributed by atoms with Crippen molar-refractivity contribution in [2.75, 3.05) is 13.7 Å². The monoisotopic (exact) mass is 221 g/mol. The summed E-state index contributed by atoms with van der Waals surface area (Å²) in [7, 11) is 1.43. The molecule has 0 aliphatic heterocycles. The van der Waals surface area contributed by atoms with Gasteiger partial charge in [0.1, 0.15) is 13.0 Å². The first-order valence-electron chi connectivity index (χ1n) is 5.07. The first-order chi connectivity index (χ1) is 7.79. The van der Waals surface area contributed by atoms with E-state index in [9.17, 15) is 4.79 Å². The van der Waals surface area contributed by atoms with Gasteiger partial charge in [0, 0.05) is 0 Å². The summed E-state index contributed by atoms with van der Waals surface area (Å²) in [6, 6.07) is 9.32. The molecular weight excluding hydrogens is 206 g/mol. The van der Waals surface area contributed by atoms with E-state index in [-0.39, 0.29) is 5.97 Å². The average molecular weight is 221 g/mol. The van der Waals surface area contributed by atoms with Crippen molar-refractivity contribution in [2.45, 2.75) is 12.8 Å². The lowest BCUT2D eigenvalue weighted by atomic mass is 10.0. The zero-order valence-corrected chi connectivity index (χ0v) is 9.42. The van der Waals surface area contributed by atoms with Gasteiger partial charge >= 0.3 is 5.97 Å². The van der Waals surface area contributed by atoms with E-state index in [0.717, 1.165) is 5.56 Å². The summed E-state index contributed by atoms with van der Waals surface area (Å²) < 4.78 is 4.97. The number of hydrogen-bond acceptors (Lipinski definition) is 4. The van der Waals surface area contributed by atoms with Gasteiger partial charge in [0.15, 0.2) is 0 Å². The van der Waals surface area contributed by atoms with Crippen LogP contribution in [0.3, 0.4) is 0 Å². The molecule has 4 nitrogen and oxygen atoms in total. The number of benzene rings is 1. The summed E-state index contributed by atoms with van der Waals surface area (Å²) in [6.45, 7) is 2.12. The van der Waals surface area contributed by atoms with Gasteiger partial charge in [-0.15, -0.1) is 0 Å². The Kier molecular flexibility index (Phi) is 5.05. The van der Waals surface area contributed by atoms with Crippen LogP contribution >= 0.6 is 0 Å². The van der Waals surface area contributed by atoms with Crippen LogP contribution in [0, 0.1) is 0 Å². The van der Waals surface area contributed by atoms with Crippen LogP contribution in [0.5, 0.6) is 0 Å². The van der Waals surface area contributed by atoms with Crippen molar-refractivity contribution in [3.8, 4) is 0 Å². The number of rotatable bonds is 5. The van der Waals surface area contributed by atoms with Gasteiger partial charge in [-0.1, -0.05) is 35.5 Å². The molecule has 1 aromatic rings. The molecule has 0 saturated heterocycles. The molecule has 1 rings (SSSR count). The third-order valence-electron chi connectivity index (χ3n) is 2.01. The van der Waals surface area contributed by atoms with E-state index >= 15 is 0 Å². The van der Waals surface area contributed by atoms with Gasteiger partial charge in [-0.25, -0.2) is 0 Å². The lowest BCUT2D eigenvalue weighted by Gasteiger charge is -2.10. The van der Waals surface area contributed by atoms with Crippen LogP contribution in [0.15, 0.2) is 35.5 Å². The predicted octanol–water partition coefficient (Wildman–Crippen LogP) is 1.97. The number of ether oxygens (including phenoxy) is 1. The molecule has 0 radical (unpaired) electrons. The van der Waals surface area contributed by atoms with Crippen LogP contribution in [-0.2, 0) is 14.4 Å². The van der Waals surface area contributed by atoms with Crippen molar-refractivity contribution < 1.29 is 14.4 Å². The van der Waals surface area contributed by atoms with Crippen molar-refractivity contribution in [1.82, 2.24) is 0 Å². The summed E-state index contributed by atoms with van der Waals surface area (Å²) in [5, 5.41) is 3.63. The van der Waals surface area contributed by atoms with Crippen LogP contribution in [0.4, 0.5) is 0 Å². The highest BCUT2D eigenvalue weighted by atomic mass is 16.6. The quantitative estimate of drug-likeness (QED) is 0.434. The molecule has 0 aliphatic rings. The van der Waals surface area contributed by atoms with E-state index in [4.69, 9.17) is 4.74 Å². The summed E-state index contributed by atoms with van der Waals surface area (Å²) in [5.41, 5.74) is 0.835. The molecule has 4 heteroatoms. The lowest BCUT2D eigenvalue weighted by molar-refractivity contribution is -0.143. The predicted molar refractivity (Wildman–Crippen MR) is 61.3 cm³/mol. The Bertz CT molecular complexity index is 349. The number of carbonyl (C=O) groups is 1. The normalized spacial score (nSPS) is 12.4. The molecule has 0 amide bonds. The summed E-state index contributed by atoms with van der Waals surface area (Å²) in [4.78, 5) is 16.3. The van der Waals surface area contributed by atoms with Crippen molar-refractivity contribution >= 4 is 12.2 Å². The van der Waals surface area contributed by atoms with Gasteiger partial charge in [-0.05, 0) is 12.5 Å². The minimum absolute atomic E-state index is 0.325. The Morgan fingerprint density at radius 3 is 2.69 bits per heavy atom. The third kappa shape index (κ3) is 3.38. The molecule has 0 heterocycles. The number of carbonyl (C=O) groups excluding carboxylic acids is 1. The smallest absolute Gasteiger partial charge is 0.319 e. The fraction of sp³-hybridized carbons (Fsp3) is 0.333. The number of hydrogen-bond donors (Lipinski definition) is 0. The summed E-state index contributed by atoms with van der Waals surface area (Å²) in [6.07, 6.45) is 1.44. The molecule has 1 atom stereocenters. The molecule has 1 aromatic carbocycles. The van der Waals surface area contributed by atoms with Gasteiger partial charge in [0.05, 0.1) is 12.8 Å². The maximum atomic E-state index is 11.7. The number of esters is 1. The first kappa shape index (κ1) is 12.2. The molecule has 0 aromatic heterocycles. The van der Waals surface area contributed by atoms with E-state index < -0.39 is 5.92 Å². The average Bonchev–Trinajstić information content (AvgIpc) is 2.31. The van der Waals surface area contributed by atoms with Crippen LogP contribution in [0.2, 0.25) is 0 Å². The Morgan fingerprint density at radius 2 is 2.12 bits per heavy atom. The fourth-order valence-electron chi connectivity index (χ4n) is 1.30. The van der Waals surface area contributed by atoms with E-state index in [1.54, 1.807) is 6.92 Å². The van der Waals surface area contributed by atoms with E-state index in [1.807, 2.05) is 30.3 Å². The highest BCUT2D eigenvalue weighted by Gasteiger charge is 2.19. The van der Waals surface area contributed by atoms with Crippen LogP contribution in [0.1, 0.15) is 18.4 Å². The molecule has 86 valence electrons. The zero-order chi connectivity index (χ0) is 11.8. The molecule has 0 aliphatic carbocycles. The van der Waals surface area contributed by atoms with Crippen molar-refractivity contribution in [2.24, 2.45) is 5.16 Å². The minimum Gasteiger partial charge on any atom is -0.465 e. The van der Waals surface area contributed by atoms with E-state index in [2.05, 4.69) is 9.99 Å². The topological polar surface area (TPSA) is 47.9 Å². The van der Waals surface area contributed by atoms with Gasteiger partial charge in [-0.2, -0.15) is 0 Å². The van der Waals surface area contributed by atoms with Crippen LogP contribution in [0.25, 0.3) is 0 Å². The van der Waals surface area contributed by atoms with Gasteiger partial charge in [0.25, 0.3) is 0 Å². The standard InChI is InChI=1S/C12H15NO3/c1-3-16-12(14)11(9-13-15-2)10-7-5-4-6-8-10/h4-9,11H,3H2,1-2H3/b13-9+. The maximum Gasteiger partial charge on any atom is 0.319 e. The molecule has 1 unspecified atom stereocenters. The highest BCUT2D eigenvalue weighted by Crippen LogP contribution is 2.15. The number of nitrogens with zero attached hydrogens (tertiary/aromatic N) is 1. The molecule has 0 N–H and O–H groups in total. The van der Waals surface area contributed by atoms with Crippen molar-refractivity contribution in [3.63, 3.8) is 0 Å². The van der Waals surface area contributed by atoms with E-state index in [0.29, 0.717) is 6.61 Å². The largest absolute Gasteiger partial charge is 0.465 e. The molecule has 0 fully saturated rings. The molecule has 0 saturated carbocycles. The Morgan fingerprint density at radius 1 is 1.44 bits per heavy atom. The Balaban J connectivity index is 2.87. The third-order valence-corrected chi connectivity index (χ3v) is 2.01. The molecular formula is C12H15NO3. The Labute approximate surface area is 94.9 Å². The van der Waals surface area contributed by atoms with Crippen LogP contribution < -0.4 is 0 Å².